The first kappa shape index (κ1) is 22.9. The van der Waals surface area contributed by atoms with Crippen LogP contribution in [0.1, 0.15) is 35.7 Å². The molecule has 2 atom stereocenters. The summed E-state index contributed by atoms with van der Waals surface area (Å²) >= 11 is 0. The lowest BCUT2D eigenvalue weighted by molar-refractivity contribution is -0.135. The molecule has 0 radical (unpaired) electrons. The minimum Gasteiger partial charge on any atom is -0.426 e. The molecule has 0 aliphatic carbocycles. The van der Waals surface area contributed by atoms with Crippen LogP contribution in [0, 0.1) is 0 Å². The minimum absolute atomic E-state index is 0.00809. The molecule has 190 valence electrons. The number of ether oxygens (including phenoxy) is 1. The van der Waals surface area contributed by atoms with Crippen LogP contribution in [0.3, 0.4) is 0 Å². The van der Waals surface area contributed by atoms with Gasteiger partial charge >= 0.3 is 5.97 Å². The average Bonchev–Trinajstić information content (AvgIpc) is 3.51. The van der Waals surface area contributed by atoms with Gasteiger partial charge in [-0.15, -0.1) is 0 Å². The smallest absolute Gasteiger partial charge is 0.325 e. The molecule has 0 bridgehead atoms. The molecule has 7 rings (SSSR count). The summed E-state index contributed by atoms with van der Waals surface area (Å²) in [5.74, 6) is 1.53. The van der Waals surface area contributed by atoms with Crippen molar-refractivity contribution in [3.05, 3.63) is 100 Å². The summed E-state index contributed by atoms with van der Waals surface area (Å²) in [6.07, 6.45) is 3.85. The number of carbonyl (C=O) groups excluding carboxylic acids is 1. The second-order valence-corrected chi connectivity index (χ2v) is 10.3. The van der Waals surface area contributed by atoms with Crippen LogP contribution in [-0.2, 0) is 11.3 Å². The number of anilines is 1. The van der Waals surface area contributed by atoms with Crippen molar-refractivity contribution in [2.24, 2.45) is 0 Å². The second kappa shape index (κ2) is 9.26. The van der Waals surface area contributed by atoms with E-state index in [9.17, 15) is 9.59 Å². The summed E-state index contributed by atoms with van der Waals surface area (Å²) in [5, 5.41) is 4.27. The zero-order valence-electron chi connectivity index (χ0n) is 21.0. The van der Waals surface area contributed by atoms with Gasteiger partial charge in [0.05, 0.1) is 17.4 Å². The molecular formula is C31H28N4O3. The van der Waals surface area contributed by atoms with Gasteiger partial charge < -0.3 is 10.1 Å². The Balaban J connectivity index is 0.997. The lowest BCUT2D eigenvalue weighted by atomic mass is 9.88. The average molecular weight is 505 g/mol. The monoisotopic (exact) mass is 504 g/mol. The Bertz CT molecular complexity index is 1640. The zero-order valence-corrected chi connectivity index (χ0v) is 21.0. The molecule has 4 heterocycles. The van der Waals surface area contributed by atoms with E-state index in [4.69, 9.17) is 9.72 Å². The molecule has 38 heavy (non-hydrogen) atoms. The molecule has 1 fully saturated rings. The number of aromatic nitrogens is 2. The van der Waals surface area contributed by atoms with Gasteiger partial charge in [0.1, 0.15) is 11.6 Å². The van der Waals surface area contributed by atoms with Gasteiger partial charge in [-0.25, -0.2) is 4.98 Å². The number of nitrogens with zero attached hydrogens (tertiary/aromatic N) is 3. The quantitative estimate of drug-likeness (QED) is 0.325. The maximum Gasteiger partial charge on any atom is 0.325 e. The van der Waals surface area contributed by atoms with Gasteiger partial charge in [0.15, 0.2) is 0 Å². The van der Waals surface area contributed by atoms with Crippen LogP contribution < -0.4 is 15.6 Å². The first-order chi connectivity index (χ1) is 18.6. The number of hydrogen-bond acceptors (Lipinski definition) is 6. The minimum atomic E-state index is -0.245. The van der Waals surface area contributed by atoms with E-state index < -0.39 is 0 Å². The molecule has 2 unspecified atom stereocenters. The van der Waals surface area contributed by atoms with Crippen molar-refractivity contribution >= 4 is 34.2 Å². The Hall–Kier alpha value is -4.23. The third-order valence-electron chi connectivity index (χ3n) is 7.96. The van der Waals surface area contributed by atoms with Gasteiger partial charge in [0.25, 0.3) is 5.56 Å². The first-order valence-electron chi connectivity index (χ1n) is 13.2. The highest BCUT2D eigenvalue weighted by Gasteiger charge is 2.36. The fourth-order valence-electron chi connectivity index (χ4n) is 6.11. The van der Waals surface area contributed by atoms with Crippen molar-refractivity contribution in [2.45, 2.75) is 31.3 Å². The largest absolute Gasteiger partial charge is 0.426 e. The van der Waals surface area contributed by atoms with Crippen molar-refractivity contribution in [1.82, 2.24) is 14.5 Å². The number of hydrogen-bond donors (Lipinski definition) is 1. The van der Waals surface area contributed by atoms with Crippen molar-refractivity contribution in [3.8, 4) is 5.75 Å². The van der Waals surface area contributed by atoms with Crippen LogP contribution in [0.25, 0.3) is 22.6 Å². The van der Waals surface area contributed by atoms with Crippen molar-refractivity contribution < 1.29 is 9.53 Å². The highest BCUT2D eigenvalue weighted by molar-refractivity contribution is 5.84. The highest BCUT2D eigenvalue weighted by atomic mass is 16.5. The standard InChI is InChI=1S/C31H28N4O3/c36-29(19-34-15-14-24-23-5-1-3-7-26(23)32-28(24)18-34)38-22-11-9-20(10-12-22)17-21-13-16-35-30(21)33-27-8-4-2-6-25(27)31(35)37/h1-12,17,24,28,32H,13-16,18-19H2/b21-17+. The number of nitrogens with one attached hydrogen (secondary N) is 1. The molecular weight excluding hydrogens is 476 g/mol. The van der Waals surface area contributed by atoms with Crippen LogP contribution in [0.15, 0.2) is 77.6 Å². The fraction of sp³-hybridized carbons (Fsp3) is 0.258. The molecule has 1 N–H and O–H groups in total. The van der Waals surface area contributed by atoms with E-state index in [0.29, 0.717) is 29.6 Å². The number of esters is 1. The third kappa shape index (κ3) is 4.09. The number of likely N-dealkylation sites (tertiary alicyclic amines) is 1. The number of carbonyl (C=O) groups is 1. The molecule has 3 aliphatic rings. The summed E-state index contributed by atoms with van der Waals surface area (Å²) in [7, 11) is 0. The normalized spacial score (nSPS) is 21.1. The highest BCUT2D eigenvalue weighted by Crippen LogP contribution is 2.40. The third-order valence-corrected chi connectivity index (χ3v) is 7.96. The number of rotatable bonds is 4. The summed E-state index contributed by atoms with van der Waals surface area (Å²) < 4.78 is 7.41. The second-order valence-electron chi connectivity index (χ2n) is 10.3. The van der Waals surface area contributed by atoms with Gasteiger partial charge in [0, 0.05) is 30.7 Å². The molecule has 3 aliphatic heterocycles. The summed E-state index contributed by atoms with van der Waals surface area (Å²) in [4.78, 5) is 32.5. The number of benzene rings is 3. The fourth-order valence-corrected chi connectivity index (χ4v) is 6.11. The molecule has 7 nitrogen and oxygen atoms in total. The predicted octanol–water partition coefficient (Wildman–Crippen LogP) is 4.53. The Kier molecular flexibility index (Phi) is 5.59. The lowest BCUT2D eigenvalue weighted by Crippen LogP contribution is -2.46. The van der Waals surface area contributed by atoms with Crippen molar-refractivity contribution in [2.75, 3.05) is 25.0 Å². The topological polar surface area (TPSA) is 76.5 Å². The molecule has 3 aromatic carbocycles. The van der Waals surface area contributed by atoms with Gasteiger partial charge in [-0.2, -0.15) is 0 Å². The molecule has 0 saturated carbocycles. The molecule has 1 saturated heterocycles. The van der Waals surface area contributed by atoms with Crippen LogP contribution in [0.2, 0.25) is 0 Å². The SMILES string of the molecule is O=C(CN1CCC2c3ccccc3NC2C1)Oc1ccc(/C=C2\CCn3c2nc2ccccc2c3=O)cc1. The number of allylic oxidation sites excluding steroid dienone is 1. The van der Waals surface area contributed by atoms with E-state index >= 15 is 0 Å². The Morgan fingerprint density at radius 3 is 2.74 bits per heavy atom. The van der Waals surface area contributed by atoms with Crippen LogP contribution in [0.5, 0.6) is 5.75 Å². The maximum atomic E-state index is 12.9. The van der Waals surface area contributed by atoms with Gasteiger partial charge in [-0.05, 0) is 72.5 Å². The summed E-state index contributed by atoms with van der Waals surface area (Å²) in [5.41, 5.74) is 5.35. The van der Waals surface area contributed by atoms with Crippen molar-refractivity contribution in [1.29, 1.82) is 0 Å². The van der Waals surface area contributed by atoms with Gasteiger partial charge in [0.2, 0.25) is 0 Å². The zero-order chi connectivity index (χ0) is 25.6. The first-order valence-corrected chi connectivity index (χ1v) is 13.2. The van der Waals surface area contributed by atoms with Crippen LogP contribution in [-0.4, -0.2) is 46.1 Å². The van der Waals surface area contributed by atoms with Crippen LogP contribution in [0.4, 0.5) is 5.69 Å². The number of fused-ring (bicyclic) bond motifs is 5. The molecule has 1 aromatic heterocycles. The summed E-state index contributed by atoms with van der Waals surface area (Å²) in [6, 6.07) is 23.8. The molecule has 0 spiro atoms. The van der Waals surface area contributed by atoms with Gasteiger partial charge in [-0.3, -0.25) is 19.1 Å². The number of piperidine rings is 1. The molecule has 7 heteroatoms. The molecule has 0 amide bonds. The van der Waals surface area contributed by atoms with E-state index in [1.807, 2.05) is 48.5 Å². The Labute approximate surface area is 220 Å². The maximum absolute atomic E-state index is 12.9. The Morgan fingerprint density at radius 2 is 1.84 bits per heavy atom. The van der Waals surface area contributed by atoms with Gasteiger partial charge in [-0.1, -0.05) is 42.5 Å². The van der Waals surface area contributed by atoms with E-state index in [2.05, 4.69) is 40.6 Å². The van der Waals surface area contributed by atoms with Crippen LogP contribution >= 0.6 is 0 Å². The van der Waals surface area contributed by atoms with E-state index in [1.165, 1.54) is 11.3 Å². The summed E-state index contributed by atoms with van der Waals surface area (Å²) in [6.45, 7) is 2.62. The van der Waals surface area contributed by atoms with E-state index in [1.54, 1.807) is 4.57 Å². The van der Waals surface area contributed by atoms with E-state index in [-0.39, 0.29) is 18.1 Å². The lowest BCUT2D eigenvalue weighted by Gasteiger charge is -2.34. The van der Waals surface area contributed by atoms with E-state index in [0.717, 1.165) is 48.4 Å². The Morgan fingerprint density at radius 1 is 1.03 bits per heavy atom. The number of para-hydroxylation sites is 2. The molecule has 4 aromatic rings. The predicted molar refractivity (Wildman–Crippen MR) is 148 cm³/mol. The van der Waals surface area contributed by atoms with Crippen molar-refractivity contribution in [3.63, 3.8) is 0 Å².